The highest BCUT2D eigenvalue weighted by Crippen LogP contribution is 2.26. The van der Waals surface area contributed by atoms with Gasteiger partial charge in [-0.15, -0.1) is 0 Å². The number of amides is 2. The largest absolute Gasteiger partial charge is 0.494 e. The summed E-state index contributed by atoms with van der Waals surface area (Å²) in [5, 5.41) is 3.00. The fourth-order valence-electron chi connectivity index (χ4n) is 4.49. The molecule has 3 aromatic carbocycles. The van der Waals surface area contributed by atoms with Crippen molar-refractivity contribution >= 4 is 27.5 Å². The maximum Gasteiger partial charge on any atom is 0.264 e. The van der Waals surface area contributed by atoms with Gasteiger partial charge in [0.25, 0.3) is 10.0 Å². The van der Waals surface area contributed by atoms with Gasteiger partial charge in [-0.05, 0) is 82.5 Å². The van der Waals surface area contributed by atoms with Gasteiger partial charge in [0.05, 0.1) is 17.2 Å². The summed E-state index contributed by atoms with van der Waals surface area (Å²) in [6, 6.07) is 20.0. The molecule has 0 aliphatic rings. The molecule has 0 spiro atoms. The second kappa shape index (κ2) is 14.9. The highest BCUT2D eigenvalue weighted by Gasteiger charge is 2.34. The molecule has 2 atom stereocenters. The Hall–Kier alpha value is -3.85. The Balaban J connectivity index is 2.04. The summed E-state index contributed by atoms with van der Waals surface area (Å²) in [6.45, 7) is 11.6. The predicted molar refractivity (Wildman–Crippen MR) is 167 cm³/mol. The molecule has 0 saturated heterocycles. The molecule has 0 unspecified atom stereocenters. The molecule has 0 fully saturated rings. The van der Waals surface area contributed by atoms with E-state index in [2.05, 4.69) is 5.32 Å². The minimum Gasteiger partial charge on any atom is -0.494 e. The van der Waals surface area contributed by atoms with Gasteiger partial charge in [0.15, 0.2) is 0 Å². The molecule has 3 rings (SSSR count). The van der Waals surface area contributed by atoms with Crippen LogP contribution in [0.5, 0.6) is 5.75 Å². The number of benzene rings is 3. The summed E-state index contributed by atoms with van der Waals surface area (Å²) in [4.78, 5) is 29.1. The van der Waals surface area contributed by atoms with Crippen LogP contribution in [0, 0.1) is 13.8 Å². The zero-order valence-electron chi connectivity index (χ0n) is 25.5. The number of aryl methyl sites for hydroxylation is 2. The number of nitrogens with one attached hydrogen (secondary N) is 1. The lowest BCUT2D eigenvalue weighted by Crippen LogP contribution is -2.53. The molecule has 1 N–H and O–H groups in total. The Labute approximate surface area is 250 Å². The molecule has 0 aliphatic carbocycles. The molecule has 8 nitrogen and oxygen atoms in total. The van der Waals surface area contributed by atoms with Crippen LogP contribution in [0.3, 0.4) is 0 Å². The number of ether oxygens (including phenoxy) is 1. The molecule has 42 heavy (non-hydrogen) atoms. The van der Waals surface area contributed by atoms with Gasteiger partial charge in [0, 0.05) is 12.6 Å². The van der Waals surface area contributed by atoms with Crippen LogP contribution >= 0.6 is 0 Å². The number of hydrogen-bond acceptors (Lipinski definition) is 5. The van der Waals surface area contributed by atoms with E-state index in [-0.39, 0.29) is 23.4 Å². The van der Waals surface area contributed by atoms with Crippen molar-refractivity contribution in [1.29, 1.82) is 0 Å². The first-order chi connectivity index (χ1) is 20.0. The lowest BCUT2D eigenvalue weighted by molar-refractivity contribution is -0.140. The van der Waals surface area contributed by atoms with Gasteiger partial charge in [0.2, 0.25) is 11.8 Å². The average molecular weight is 594 g/mol. The first-order valence-corrected chi connectivity index (χ1v) is 15.9. The van der Waals surface area contributed by atoms with Gasteiger partial charge in [-0.25, -0.2) is 8.42 Å². The van der Waals surface area contributed by atoms with E-state index in [9.17, 15) is 18.0 Å². The van der Waals surface area contributed by atoms with E-state index in [0.29, 0.717) is 24.5 Å². The van der Waals surface area contributed by atoms with Crippen molar-refractivity contribution in [2.75, 3.05) is 17.5 Å². The van der Waals surface area contributed by atoms with Crippen molar-refractivity contribution in [3.05, 3.63) is 89.5 Å². The van der Waals surface area contributed by atoms with Gasteiger partial charge in [0.1, 0.15) is 18.3 Å². The second-order valence-corrected chi connectivity index (χ2v) is 12.4. The van der Waals surface area contributed by atoms with E-state index < -0.39 is 28.5 Å². The molecular formula is C33H43N3O5S. The van der Waals surface area contributed by atoms with Crippen LogP contribution in [0.2, 0.25) is 0 Å². The van der Waals surface area contributed by atoms with E-state index >= 15 is 0 Å². The zero-order chi connectivity index (χ0) is 30.9. The summed E-state index contributed by atoms with van der Waals surface area (Å²) in [5.41, 5.74) is 3.23. The number of anilines is 1. The Morgan fingerprint density at radius 3 is 1.93 bits per heavy atom. The van der Waals surface area contributed by atoms with Crippen LogP contribution in [0.25, 0.3) is 0 Å². The first-order valence-electron chi connectivity index (χ1n) is 14.5. The van der Waals surface area contributed by atoms with Crippen LogP contribution in [0.1, 0.15) is 57.2 Å². The number of carbonyl (C=O) groups is 2. The van der Waals surface area contributed by atoms with Crippen molar-refractivity contribution in [2.45, 2.75) is 77.9 Å². The lowest BCUT2D eigenvalue weighted by Gasteiger charge is -2.33. The van der Waals surface area contributed by atoms with Crippen LogP contribution in [0.15, 0.2) is 77.7 Å². The predicted octanol–water partition coefficient (Wildman–Crippen LogP) is 5.62. The molecule has 0 aliphatic heterocycles. The summed E-state index contributed by atoms with van der Waals surface area (Å²) >= 11 is 0. The summed E-state index contributed by atoms with van der Waals surface area (Å²) < 4.78 is 34.7. The van der Waals surface area contributed by atoms with E-state index in [4.69, 9.17) is 4.74 Å². The number of nitrogens with zero attached hydrogens (tertiary/aromatic N) is 2. The van der Waals surface area contributed by atoms with Crippen LogP contribution < -0.4 is 14.4 Å². The van der Waals surface area contributed by atoms with E-state index in [1.165, 1.54) is 17.0 Å². The molecule has 9 heteroatoms. The number of rotatable bonds is 14. The van der Waals surface area contributed by atoms with Crippen molar-refractivity contribution in [3.63, 3.8) is 0 Å². The maximum absolute atomic E-state index is 14.2. The SMILES string of the molecule is CCOc1ccc(S(=O)(=O)N(CC(=O)N(Cc2ccc(C)cc2)[C@H](CC)C(=O)N[C@H](C)CC)c2ccc(C)cc2)cc1. The van der Waals surface area contributed by atoms with Crippen LogP contribution in [-0.4, -0.2) is 50.4 Å². The maximum atomic E-state index is 14.2. The molecule has 3 aromatic rings. The van der Waals surface area contributed by atoms with E-state index in [0.717, 1.165) is 27.4 Å². The molecular weight excluding hydrogens is 550 g/mol. The highest BCUT2D eigenvalue weighted by atomic mass is 32.2. The molecule has 0 aromatic heterocycles. The van der Waals surface area contributed by atoms with Gasteiger partial charge in [-0.2, -0.15) is 0 Å². The molecule has 0 radical (unpaired) electrons. The van der Waals surface area contributed by atoms with Crippen molar-refractivity contribution in [1.82, 2.24) is 10.2 Å². The third-order valence-electron chi connectivity index (χ3n) is 7.18. The quantitative estimate of drug-likeness (QED) is 0.262. The van der Waals surface area contributed by atoms with E-state index in [1.54, 1.807) is 36.4 Å². The number of hydrogen-bond donors (Lipinski definition) is 1. The number of sulfonamides is 1. The molecule has 0 saturated carbocycles. The van der Waals surface area contributed by atoms with Gasteiger partial charge in [-0.1, -0.05) is 61.4 Å². The smallest absolute Gasteiger partial charge is 0.264 e. The Kier molecular flexibility index (Phi) is 11.6. The monoisotopic (exact) mass is 593 g/mol. The van der Waals surface area contributed by atoms with Gasteiger partial charge >= 0.3 is 0 Å². The third-order valence-corrected chi connectivity index (χ3v) is 8.97. The summed E-state index contributed by atoms with van der Waals surface area (Å²) in [7, 11) is -4.15. The van der Waals surface area contributed by atoms with Gasteiger partial charge in [-0.3, -0.25) is 13.9 Å². The molecule has 0 bridgehead atoms. The average Bonchev–Trinajstić information content (AvgIpc) is 2.97. The third kappa shape index (κ3) is 8.35. The number of carbonyl (C=O) groups excluding carboxylic acids is 2. The summed E-state index contributed by atoms with van der Waals surface area (Å²) in [5.74, 6) is -0.183. The fourth-order valence-corrected chi connectivity index (χ4v) is 5.91. The minimum absolute atomic E-state index is 0.0333. The molecule has 0 heterocycles. The molecule has 226 valence electrons. The van der Waals surface area contributed by atoms with Crippen LogP contribution in [0.4, 0.5) is 5.69 Å². The zero-order valence-corrected chi connectivity index (χ0v) is 26.3. The Morgan fingerprint density at radius 1 is 0.833 bits per heavy atom. The van der Waals surface area contributed by atoms with Gasteiger partial charge < -0.3 is 15.0 Å². The first kappa shape index (κ1) is 32.7. The second-order valence-electron chi connectivity index (χ2n) is 10.5. The Bertz CT molecular complexity index is 1420. The lowest BCUT2D eigenvalue weighted by atomic mass is 10.1. The normalized spacial score (nSPS) is 12.7. The fraction of sp³-hybridized carbons (Fsp3) is 0.394. The van der Waals surface area contributed by atoms with Crippen molar-refractivity contribution in [3.8, 4) is 5.75 Å². The van der Waals surface area contributed by atoms with Crippen LogP contribution in [-0.2, 0) is 26.2 Å². The minimum atomic E-state index is -4.15. The standard InChI is InChI=1S/C33H43N3O5S/c1-7-26(6)34-33(38)31(8-2)35(22-27-14-10-24(4)11-15-27)32(37)23-36(28-16-12-25(5)13-17-28)42(39,40)30-20-18-29(19-21-30)41-9-3/h10-21,26,31H,7-9,22-23H2,1-6H3,(H,34,38)/t26-,31-/m1/s1. The topological polar surface area (TPSA) is 96.0 Å². The van der Waals surface area contributed by atoms with Crippen molar-refractivity contribution < 1.29 is 22.7 Å². The van der Waals surface area contributed by atoms with E-state index in [1.807, 2.05) is 65.8 Å². The summed E-state index contributed by atoms with van der Waals surface area (Å²) in [6.07, 6.45) is 1.12. The molecule has 2 amide bonds. The van der Waals surface area contributed by atoms with Crippen molar-refractivity contribution in [2.24, 2.45) is 0 Å². The highest BCUT2D eigenvalue weighted by molar-refractivity contribution is 7.92. The Morgan fingerprint density at radius 2 is 1.40 bits per heavy atom.